The number of piperidine rings is 1. The first kappa shape index (κ1) is 23.2. The van der Waals surface area contributed by atoms with Crippen LogP contribution in [-0.4, -0.2) is 55.4 Å². The molecule has 1 aliphatic heterocycles. The van der Waals surface area contributed by atoms with Crippen molar-refractivity contribution in [2.24, 2.45) is 7.05 Å². The largest absolute Gasteiger partial charge is 0.381 e. The minimum atomic E-state index is -3.41. The number of nitrogens with one attached hydrogen (secondary N) is 1. The number of ether oxygens (including phenoxy) is 1. The first-order valence-electron chi connectivity index (χ1n) is 10.1. The second kappa shape index (κ2) is 9.75. The molecular weight excluding hydrogens is 426 g/mol. The normalized spacial score (nSPS) is 17.3. The zero-order valence-corrected chi connectivity index (χ0v) is 18.4. The number of carbonyl (C=O) groups excluding carboxylic acids is 2. The molecule has 0 saturated carbocycles. The fourth-order valence-corrected chi connectivity index (χ4v) is 4.07. The number of hydrogen-bond acceptors (Lipinski definition) is 7. The molecule has 10 nitrogen and oxygen atoms in total. The number of rotatable bonds is 10. The quantitative estimate of drug-likeness (QED) is 0.318. The molecule has 2 amide bonds. The second-order valence-corrected chi connectivity index (χ2v) is 9.24. The van der Waals surface area contributed by atoms with Gasteiger partial charge in [-0.15, -0.1) is 0 Å². The molecule has 2 aromatic rings. The summed E-state index contributed by atoms with van der Waals surface area (Å²) in [6.45, 7) is 1.04. The predicted molar refractivity (Wildman–Crippen MR) is 113 cm³/mol. The van der Waals surface area contributed by atoms with E-state index in [2.05, 4.69) is 9.50 Å². The van der Waals surface area contributed by atoms with Crippen LogP contribution in [0.15, 0.2) is 23.0 Å². The van der Waals surface area contributed by atoms with Crippen molar-refractivity contribution < 1.29 is 26.9 Å². The Hall–Kier alpha value is -2.50. The second-order valence-electron chi connectivity index (χ2n) is 7.60. The molecule has 3 rings (SSSR count). The Balaban J connectivity index is 1.58. The lowest BCUT2D eigenvalue weighted by molar-refractivity contribution is -0.135. The molecule has 1 fully saturated rings. The van der Waals surface area contributed by atoms with Gasteiger partial charge in [-0.25, -0.2) is 4.79 Å². The van der Waals surface area contributed by atoms with Gasteiger partial charge in [0.1, 0.15) is 6.04 Å². The number of aromatic nitrogens is 2. The number of amides is 2. The van der Waals surface area contributed by atoms with Crippen LogP contribution in [-0.2, 0) is 42.1 Å². The Morgan fingerprint density at radius 2 is 1.84 bits per heavy atom. The number of imidazole rings is 1. The van der Waals surface area contributed by atoms with Crippen LogP contribution in [0.5, 0.6) is 0 Å². The van der Waals surface area contributed by atoms with E-state index in [9.17, 15) is 22.8 Å². The molecule has 0 spiro atoms. The highest BCUT2D eigenvalue weighted by molar-refractivity contribution is 7.85. The van der Waals surface area contributed by atoms with E-state index in [0.717, 1.165) is 30.2 Å². The van der Waals surface area contributed by atoms with Crippen LogP contribution in [0.2, 0.25) is 0 Å². The summed E-state index contributed by atoms with van der Waals surface area (Å²) >= 11 is 0. The van der Waals surface area contributed by atoms with Gasteiger partial charge in [-0.2, -0.15) is 8.42 Å². The van der Waals surface area contributed by atoms with Crippen LogP contribution >= 0.6 is 0 Å². The average Bonchev–Trinajstić information content (AvgIpc) is 2.94. The Kier molecular flexibility index (Phi) is 7.29. The summed E-state index contributed by atoms with van der Waals surface area (Å²) in [4.78, 5) is 36.4. The summed E-state index contributed by atoms with van der Waals surface area (Å²) in [5.41, 5.74) is 2.13. The average molecular weight is 454 g/mol. The van der Waals surface area contributed by atoms with Crippen LogP contribution in [0.4, 0.5) is 0 Å². The van der Waals surface area contributed by atoms with Gasteiger partial charge < -0.3 is 4.74 Å². The van der Waals surface area contributed by atoms with Gasteiger partial charge in [0, 0.05) is 26.7 Å². The van der Waals surface area contributed by atoms with Crippen LogP contribution in [0, 0.1) is 0 Å². The minimum absolute atomic E-state index is 0.105. The number of imide groups is 1. The summed E-state index contributed by atoms with van der Waals surface area (Å²) in [6, 6.07) is 4.99. The summed E-state index contributed by atoms with van der Waals surface area (Å²) in [5.74, 6) is -0.768. The number of nitrogens with zero attached hydrogens (tertiary/aromatic N) is 2. The van der Waals surface area contributed by atoms with Crippen LogP contribution in [0.3, 0.4) is 0 Å². The SMILES string of the molecule is Cn1c(=O)n(C2CCC(=O)NC2=O)c2ccc(CCCOCCCOS(C)(=O)=O)cc21. The molecule has 1 aromatic heterocycles. The zero-order valence-electron chi connectivity index (χ0n) is 17.6. The van der Waals surface area contributed by atoms with Crippen LogP contribution < -0.4 is 11.0 Å². The van der Waals surface area contributed by atoms with E-state index in [4.69, 9.17) is 4.74 Å². The van der Waals surface area contributed by atoms with E-state index in [1.54, 1.807) is 7.05 Å². The first-order valence-corrected chi connectivity index (χ1v) is 11.9. The topological polar surface area (TPSA) is 126 Å². The van der Waals surface area contributed by atoms with Crippen LogP contribution in [0.25, 0.3) is 11.0 Å². The van der Waals surface area contributed by atoms with Gasteiger partial charge in [0.05, 0.1) is 23.9 Å². The lowest BCUT2D eigenvalue weighted by Gasteiger charge is -2.21. The summed E-state index contributed by atoms with van der Waals surface area (Å²) < 4.78 is 34.8. The van der Waals surface area contributed by atoms with E-state index in [1.807, 2.05) is 18.2 Å². The van der Waals surface area contributed by atoms with Crippen LogP contribution in [0.1, 0.15) is 37.3 Å². The highest BCUT2D eigenvalue weighted by atomic mass is 32.2. The fourth-order valence-electron chi connectivity index (χ4n) is 3.65. The molecule has 1 saturated heterocycles. The number of fused-ring (bicyclic) bond motifs is 1. The molecule has 0 radical (unpaired) electrons. The van der Waals surface area contributed by atoms with Crippen molar-refractivity contribution in [3.8, 4) is 0 Å². The third-order valence-corrected chi connectivity index (χ3v) is 5.75. The number of hydrogen-bond donors (Lipinski definition) is 1. The Bertz CT molecular complexity index is 1130. The van der Waals surface area contributed by atoms with Crippen molar-refractivity contribution in [3.63, 3.8) is 0 Å². The van der Waals surface area contributed by atoms with E-state index < -0.39 is 22.1 Å². The third kappa shape index (κ3) is 5.81. The lowest BCUT2D eigenvalue weighted by Crippen LogP contribution is -2.44. The first-order chi connectivity index (χ1) is 14.7. The van der Waals surface area contributed by atoms with Crippen molar-refractivity contribution in [1.29, 1.82) is 0 Å². The number of aryl methyl sites for hydroxylation is 2. The molecular formula is C20H27N3O7S. The maximum absolute atomic E-state index is 12.8. The molecule has 2 heterocycles. The molecule has 11 heteroatoms. The van der Waals surface area contributed by atoms with E-state index in [-0.39, 0.29) is 24.6 Å². The van der Waals surface area contributed by atoms with Gasteiger partial charge in [-0.3, -0.25) is 28.2 Å². The molecule has 170 valence electrons. The van der Waals surface area contributed by atoms with Gasteiger partial charge in [-0.1, -0.05) is 6.07 Å². The molecule has 1 N–H and O–H groups in total. The zero-order chi connectivity index (χ0) is 22.6. The van der Waals surface area contributed by atoms with E-state index >= 15 is 0 Å². The van der Waals surface area contributed by atoms with E-state index in [0.29, 0.717) is 31.6 Å². The van der Waals surface area contributed by atoms with E-state index in [1.165, 1.54) is 9.13 Å². The van der Waals surface area contributed by atoms with Gasteiger partial charge >= 0.3 is 5.69 Å². The monoisotopic (exact) mass is 453 g/mol. The number of benzene rings is 1. The molecule has 0 aliphatic carbocycles. The molecule has 1 unspecified atom stereocenters. The smallest absolute Gasteiger partial charge is 0.329 e. The highest BCUT2D eigenvalue weighted by Crippen LogP contribution is 2.24. The Labute approximate surface area is 180 Å². The molecule has 1 aliphatic rings. The maximum atomic E-state index is 12.8. The van der Waals surface area contributed by atoms with Crippen molar-refractivity contribution in [2.45, 2.75) is 38.1 Å². The van der Waals surface area contributed by atoms with Crippen molar-refractivity contribution in [1.82, 2.24) is 14.5 Å². The summed E-state index contributed by atoms with van der Waals surface area (Å²) in [7, 11) is -1.75. The molecule has 1 atom stereocenters. The predicted octanol–water partition coefficient (Wildman–Crippen LogP) is 0.633. The summed E-state index contributed by atoms with van der Waals surface area (Å²) in [5, 5.41) is 2.30. The Morgan fingerprint density at radius 1 is 1.10 bits per heavy atom. The number of carbonyl (C=O) groups is 2. The molecule has 31 heavy (non-hydrogen) atoms. The highest BCUT2D eigenvalue weighted by Gasteiger charge is 2.31. The minimum Gasteiger partial charge on any atom is -0.381 e. The maximum Gasteiger partial charge on any atom is 0.329 e. The fraction of sp³-hybridized carbons (Fsp3) is 0.550. The standard InChI is InChI=1S/C20H27N3O7S/c1-22-17-13-14(5-3-10-29-11-4-12-30-31(2,27)28)6-7-15(17)23(20(22)26)16-8-9-18(24)21-19(16)25/h6-7,13,16H,3-5,8-12H2,1-2H3,(H,21,24,25). The third-order valence-electron chi connectivity index (χ3n) is 5.16. The van der Waals surface area contributed by atoms with Gasteiger partial charge in [0.15, 0.2) is 0 Å². The van der Waals surface area contributed by atoms with Gasteiger partial charge in [0.2, 0.25) is 11.8 Å². The summed E-state index contributed by atoms with van der Waals surface area (Å²) in [6.07, 6.45) is 3.53. The molecule has 1 aromatic carbocycles. The van der Waals surface area contributed by atoms with Crippen molar-refractivity contribution >= 4 is 33.0 Å². The van der Waals surface area contributed by atoms with Gasteiger partial charge in [-0.05, 0) is 43.4 Å². The lowest BCUT2D eigenvalue weighted by atomic mass is 10.1. The Morgan fingerprint density at radius 3 is 2.55 bits per heavy atom. The van der Waals surface area contributed by atoms with Gasteiger partial charge in [0.25, 0.3) is 10.1 Å². The van der Waals surface area contributed by atoms with Crippen molar-refractivity contribution in [2.75, 3.05) is 26.1 Å². The van der Waals surface area contributed by atoms with Crippen molar-refractivity contribution in [3.05, 3.63) is 34.2 Å². The molecule has 0 bridgehead atoms.